The van der Waals surface area contributed by atoms with Gasteiger partial charge in [0.15, 0.2) is 5.82 Å². The second kappa shape index (κ2) is 9.44. The number of hydrogen-bond acceptors (Lipinski definition) is 4. The van der Waals surface area contributed by atoms with Crippen LogP contribution in [0, 0.1) is 5.41 Å². The number of benzene rings is 2. The summed E-state index contributed by atoms with van der Waals surface area (Å²) in [6, 6.07) is 14.0. The Balaban J connectivity index is 1.51. The molecule has 3 N–H and O–H groups in total. The Hall–Kier alpha value is -3.42. The number of carbonyl (C=O) groups excluding carboxylic acids is 2. The summed E-state index contributed by atoms with van der Waals surface area (Å²) in [6.45, 7) is 5.83. The molecule has 0 fully saturated rings. The predicted octanol–water partition coefficient (Wildman–Crippen LogP) is 5.85. The van der Waals surface area contributed by atoms with Gasteiger partial charge in [-0.15, -0.1) is 0 Å². The molecule has 0 aliphatic heterocycles. The average molecular weight is 496 g/mol. The fourth-order valence-corrected chi connectivity index (χ4v) is 3.54. The van der Waals surface area contributed by atoms with Crippen LogP contribution in [-0.2, 0) is 11.3 Å². The van der Waals surface area contributed by atoms with Crippen LogP contribution in [0.15, 0.2) is 54.7 Å². The van der Waals surface area contributed by atoms with E-state index in [1.165, 1.54) is 0 Å². The average Bonchev–Trinajstić information content (AvgIpc) is 3.21. The van der Waals surface area contributed by atoms with Gasteiger partial charge in [-0.05, 0) is 48.0 Å². The number of fused-ring (bicyclic) bond motifs is 1. The molecule has 0 spiro atoms. The van der Waals surface area contributed by atoms with Gasteiger partial charge in [0.05, 0.1) is 26.6 Å². The van der Waals surface area contributed by atoms with Crippen LogP contribution in [0.3, 0.4) is 0 Å². The summed E-state index contributed by atoms with van der Waals surface area (Å²) in [5.74, 6) is 0.171. The van der Waals surface area contributed by atoms with E-state index in [-0.39, 0.29) is 11.8 Å². The van der Waals surface area contributed by atoms with Crippen molar-refractivity contribution in [3.8, 4) is 11.5 Å². The van der Waals surface area contributed by atoms with E-state index in [0.29, 0.717) is 39.4 Å². The first kappa shape index (κ1) is 23.7. The number of amides is 2. The monoisotopic (exact) mass is 495 g/mol. The smallest absolute Gasteiger partial charge is 0.257 e. The van der Waals surface area contributed by atoms with Gasteiger partial charge < -0.3 is 15.6 Å². The molecule has 0 bridgehead atoms. The molecule has 9 heteroatoms. The summed E-state index contributed by atoms with van der Waals surface area (Å²) in [5.41, 5.74) is 3.32. The minimum absolute atomic E-state index is 0.0746. The number of aromatic amines is 1. The van der Waals surface area contributed by atoms with Crippen LogP contribution in [0.2, 0.25) is 10.0 Å². The Morgan fingerprint density at radius 1 is 1.03 bits per heavy atom. The maximum Gasteiger partial charge on any atom is 0.257 e. The Kier molecular flexibility index (Phi) is 6.59. The van der Waals surface area contributed by atoms with Crippen LogP contribution < -0.4 is 10.6 Å². The number of rotatable bonds is 5. The fraction of sp³-hybridized carbons (Fsp3) is 0.200. The minimum Gasteiger partial charge on any atom is -0.352 e. The quantitative estimate of drug-likeness (QED) is 0.323. The summed E-state index contributed by atoms with van der Waals surface area (Å²) < 4.78 is 0. The summed E-state index contributed by atoms with van der Waals surface area (Å²) in [6.07, 6.45) is 1.56. The molecule has 7 nitrogen and oxygen atoms in total. The third kappa shape index (κ3) is 5.38. The molecule has 4 aromatic rings. The first-order valence-corrected chi connectivity index (χ1v) is 11.4. The first-order chi connectivity index (χ1) is 16.1. The topological polar surface area (TPSA) is 99.8 Å². The number of aromatic nitrogens is 3. The summed E-state index contributed by atoms with van der Waals surface area (Å²) in [7, 11) is 0. The molecule has 34 heavy (non-hydrogen) atoms. The summed E-state index contributed by atoms with van der Waals surface area (Å²) >= 11 is 12.2. The molecule has 0 saturated carbocycles. The van der Waals surface area contributed by atoms with E-state index < -0.39 is 5.41 Å². The fourth-order valence-electron chi connectivity index (χ4n) is 3.23. The lowest BCUT2D eigenvalue weighted by molar-refractivity contribution is -0.128. The number of carbonyl (C=O) groups is 2. The molecule has 2 amide bonds. The second-order valence-corrected chi connectivity index (χ2v) is 9.72. The molecule has 0 saturated heterocycles. The van der Waals surface area contributed by atoms with Crippen molar-refractivity contribution in [1.29, 1.82) is 0 Å². The van der Waals surface area contributed by atoms with Crippen LogP contribution in [0.25, 0.3) is 22.6 Å². The SMILES string of the molecule is CC(C)(C)C(=O)NCc1ccc(Cl)c(C(=O)Nc2ccc3nc(-c4ccc(Cl)cn4)[nH]c3c2)c1. The van der Waals surface area contributed by atoms with E-state index in [1.807, 2.05) is 20.8 Å². The maximum atomic E-state index is 12.9. The van der Waals surface area contributed by atoms with Crippen LogP contribution in [-0.4, -0.2) is 26.8 Å². The normalized spacial score (nSPS) is 11.4. The van der Waals surface area contributed by atoms with Gasteiger partial charge in [-0.25, -0.2) is 4.98 Å². The van der Waals surface area contributed by atoms with Gasteiger partial charge in [0.2, 0.25) is 5.91 Å². The zero-order chi connectivity index (χ0) is 24.5. The van der Waals surface area contributed by atoms with Gasteiger partial charge in [0.25, 0.3) is 5.91 Å². The van der Waals surface area contributed by atoms with Crippen molar-refractivity contribution in [1.82, 2.24) is 20.3 Å². The molecular formula is C25H23Cl2N5O2. The highest BCUT2D eigenvalue weighted by atomic mass is 35.5. The molecule has 4 rings (SSSR count). The second-order valence-electron chi connectivity index (χ2n) is 8.88. The van der Waals surface area contributed by atoms with E-state index in [0.717, 1.165) is 16.6 Å². The zero-order valence-electron chi connectivity index (χ0n) is 18.9. The molecule has 2 heterocycles. The number of nitrogens with zero attached hydrogens (tertiary/aromatic N) is 2. The van der Waals surface area contributed by atoms with Crippen LogP contribution in [0.5, 0.6) is 0 Å². The van der Waals surface area contributed by atoms with E-state index in [1.54, 1.807) is 54.7 Å². The van der Waals surface area contributed by atoms with Crippen molar-refractivity contribution in [3.63, 3.8) is 0 Å². The first-order valence-electron chi connectivity index (χ1n) is 10.6. The Bertz CT molecular complexity index is 1370. The molecule has 0 atom stereocenters. The van der Waals surface area contributed by atoms with Crippen LogP contribution in [0.4, 0.5) is 5.69 Å². The maximum absolute atomic E-state index is 12.9. The lowest BCUT2D eigenvalue weighted by Crippen LogP contribution is -2.34. The largest absolute Gasteiger partial charge is 0.352 e. The molecule has 0 aliphatic rings. The number of imidazole rings is 1. The van der Waals surface area contributed by atoms with E-state index in [9.17, 15) is 9.59 Å². The van der Waals surface area contributed by atoms with Crippen molar-refractivity contribution in [3.05, 3.63) is 75.9 Å². The zero-order valence-corrected chi connectivity index (χ0v) is 20.4. The Morgan fingerprint density at radius 3 is 2.53 bits per heavy atom. The molecule has 0 unspecified atom stereocenters. The van der Waals surface area contributed by atoms with Crippen molar-refractivity contribution in [2.45, 2.75) is 27.3 Å². The van der Waals surface area contributed by atoms with Gasteiger partial charge in [0, 0.05) is 23.8 Å². The third-order valence-corrected chi connectivity index (χ3v) is 5.67. The highest BCUT2D eigenvalue weighted by Crippen LogP contribution is 2.24. The minimum atomic E-state index is -0.499. The standard InChI is InChI=1S/C25H23Cl2N5O2/c1-25(2,3)24(34)29-12-14-4-7-18(27)17(10-14)23(33)30-16-6-9-19-21(11-16)32-22(31-19)20-8-5-15(26)13-28-20/h4-11,13H,12H2,1-3H3,(H,29,34)(H,30,33)(H,31,32). The van der Waals surface area contributed by atoms with Crippen molar-refractivity contribution in [2.75, 3.05) is 5.32 Å². The van der Waals surface area contributed by atoms with Crippen LogP contribution in [0.1, 0.15) is 36.7 Å². The van der Waals surface area contributed by atoms with Gasteiger partial charge >= 0.3 is 0 Å². The number of pyridine rings is 1. The van der Waals surface area contributed by atoms with Crippen molar-refractivity contribution in [2.24, 2.45) is 5.41 Å². The summed E-state index contributed by atoms with van der Waals surface area (Å²) in [4.78, 5) is 37.1. The van der Waals surface area contributed by atoms with Crippen LogP contribution >= 0.6 is 23.2 Å². The lowest BCUT2D eigenvalue weighted by atomic mass is 9.95. The van der Waals surface area contributed by atoms with E-state index >= 15 is 0 Å². The number of hydrogen-bond donors (Lipinski definition) is 3. The highest BCUT2D eigenvalue weighted by Gasteiger charge is 2.21. The number of anilines is 1. The number of halogens is 2. The van der Waals surface area contributed by atoms with E-state index in [2.05, 4.69) is 25.6 Å². The van der Waals surface area contributed by atoms with E-state index in [4.69, 9.17) is 23.2 Å². The molecule has 2 aromatic heterocycles. The predicted molar refractivity (Wildman–Crippen MR) is 135 cm³/mol. The molecule has 0 aliphatic carbocycles. The van der Waals surface area contributed by atoms with Gasteiger partial charge in [-0.2, -0.15) is 0 Å². The Labute approximate surface area is 206 Å². The molecule has 0 radical (unpaired) electrons. The van der Waals surface area contributed by atoms with Gasteiger partial charge in [-0.1, -0.05) is 50.0 Å². The molecule has 2 aromatic carbocycles. The van der Waals surface area contributed by atoms with Gasteiger partial charge in [-0.3, -0.25) is 14.6 Å². The molecular weight excluding hydrogens is 473 g/mol. The van der Waals surface area contributed by atoms with Crippen molar-refractivity contribution >= 4 is 51.7 Å². The Morgan fingerprint density at radius 2 is 1.82 bits per heavy atom. The van der Waals surface area contributed by atoms with Crippen molar-refractivity contribution < 1.29 is 9.59 Å². The van der Waals surface area contributed by atoms with Gasteiger partial charge in [0.1, 0.15) is 5.69 Å². The highest BCUT2D eigenvalue weighted by molar-refractivity contribution is 6.34. The summed E-state index contributed by atoms with van der Waals surface area (Å²) in [5, 5.41) is 6.62. The molecule has 174 valence electrons. The lowest BCUT2D eigenvalue weighted by Gasteiger charge is -2.18. The third-order valence-electron chi connectivity index (χ3n) is 5.12. The number of H-pyrrole nitrogens is 1. The number of nitrogens with one attached hydrogen (secondary N) is 3.